The first-order chi connectivity index (χ1) is 26.4. The van der Waals surface area contributed by atoms with Crippen molar-refractivity contribution in [2.24, 2.45) is 11.8 Å². The van der Waals surface area contributed by atoms with Crippen molar-refractivity contribution >= 4 is 58.9 Å². The van der Waals surface area contributed by atoms with Gasteiger partial charge in [0.25, 0.3) is 11.8 Å². The van der Waals surface area contributed by atoms with E-state index in [0.29, 0.717) is 57.3 Å². The molecular formula is C36H47ClN12O6. The van der Waals surface area contributed by atoms with E-state index < -0.39 is 23.1 Å². The van der Waals surface area contributed by atoms with Crippen LogP contribution >= 0.6 is 11.6 Å². The van der Waals surface area contributed by atoms with E-state index in [0.717, 1.165) is 37.3 Å². The number of urea groups is 2. The number of aromatic nitrogens is 4. The summed E-state index contributed by atoms with van der Waals surface area (Å²) in [4.78, 5) is 81.3. The van der Waals surface area contributed by atoms with E-state index in [2.05, 4.69) is 58.4 Å². The van der Waals surface area contributed by atoms with Crippen LogP contribution in [0.2, 0.25) is 5.15 Å². The van der Waals surface area contributed by atoms with Crippen LogP contribution in [-0.4, -0.2) is 128 Å². The number of piperazine rings is 2. The zero-order valence-corrected chi connectivity index (χ0v) is 31.8. The van der Waals surface area contributed by atoms with Gasteiger partial charge < -0.3 is 30.2 Å². The number of imide groups is 2. The fraction of sp³-hybridized carbons (Fsp3) is 0.611. The second-order valence-electron chi connectivity index (χ2n) is 15.4. The van der Waals surface area contributed by atoms with E-state index in [1.54, 1.807) is 12.3 Å². The molecule has 294 valence electrons. The van der Waals surface area contributed by atoms with Crippen LogP contribution in [0.3, 0.4) is 0 Å². The molecule has 8 rings (SSSR count). The normalized spacial score (nSPS) is 27.8. The standard InChI is InChI=1S/C18H23ClN6O3.C18H24N6O3/c1-11-10-24(8-9-25(11)14-5-4-13(19)22-23-14)15(26)6-7-18(12-2-3-12)16(27)20-17(28)21-18;1-12-11-23(9-10-24(12)14-3-2-8-19-22-14)15(25)6-7-18(13-4-5-13)16(26)20-17(27)21-18/h4-5,11-12H,2-3,6-10H2,1H3,(H2,20,21,27,28);2-3,8,12-13H,4-7,9-11H2,1H3,(H2,20,21,26,27)/t11-,18?;12-,18?/m00/s1. The first-order valence-corrected chi connectivity index (χ1v) is 19.4. The number of hydrogen-bond donors (Lipinski definition) is 4. The number of halogens is 1. The maximum Gasteiger partial charge on any atom is 0.322 e. The molecule has 2 aliphatic carbocycles. The monoisotopic (exact) mass is 778 g/mol. The minimum atomic E-state index is -0.918. The third kappa shape index (κ3) is 8.14. The SMILES string of the molecule is C[C@H]1CN(C(=O)CCC2(C3CC3)NC(=O)NC2=O)CCN1c1ccc(Cl)nn1.C[C@H]1CN(C(=O)CCC2(C3CC3)NC(=O)NC2=O)CCN1c1cccnn1. The number of rotatable bonds is 10. The Morgan fingerprint density at radius 2 is 1.20 bits per heavy atom. The molecule has 8 amide bonds. The minimum Gasteiger partial charge on any atom is -0.349 e. The first kappa shape index (κ1) is 38.2. The van der Waals surface area contributed by atoms with Gasteiger partial charge in [0.15, 0.2) is 16.8 Å². The molecule has 0 bridgehead atoms. The summed E-state index contributed by atoms with van der Waals surface area (Å²) in [7, 11) is 0. The third-order valence-electron chi connectivity index (χ3n) is 11.7. The lowest BCUT2D eigenvalue weighted by Gasteiger charge is -2.40. The topological polar surface area (TPSA) is 215 Å². The van der Waals surface area contributed by atoms with E-state index in [9.17, 15) is 28.8 Å². The van der Waals surface area contributed by atoms with Gasteiger partial charge in [-0.1, -0.05) is 11.6 Å². The summed E-state index contributed by atoms with van der Waals surface area (Å²) in [5, 5.41) is 26.6. The van der Waals surface area contributed by atoms with Gasteiger partial charge in [0, 0.05) is 70.4 Å². The lowest BCUT2D eigenvalue weighted by molar-refractivity contribution is -0.134. The van der Waals surface area contributed by atoms with Crippen LogP contribution in [0.5, 0.6) is 0 Å². The molecule has 6 fully saturated rings. The Morgan fingerprint density at radius 3 is 1.56 bits per heavy atom. The fourth-order valence-corrected chi connectivity index (χ4v) is 8.48. The van der Waals surface area contributed by atoms with Crippen molar-refractivity contribution in [1.82, 2.24) is 51.5 Å². The summed E-state index contributed by atoms with van der Waals surface area (Å²) in [6.45, 7) is 7.78. The number of carbonyl (C=O) groups is 6. The predicted octanol–water partition coefficient (Wildman–Crippen LogP) is 1.22. The van der Waals surface area contributed by atoms with Crippen LogP contribution < -0.4 is 31.1 Å². The summed E-state index contributed by atoms with van der Waals surface area (Å²) < 4.78 is 0. The minimum absolute atomic E-state index is 0.00247. The first-order valence-electron chi connectivity index (χ1n) is 19.0. The van der Waals surface area contributed by atoms with Crippen molar-refractivity contribution < 1.29 is 28.8 Å². The average molecular weight is 779 g/mol. The molecule has 2 unspecified atom stereocenters. The number of carbonyl (C=O) groups excluding carboxylic acids is 6. The van der Waals surface area contributed by atoms with Gasteiger partial charge in [-0.15, -0.1) is 15.3 Å². The Kier molecular flexibility index (Phi) is 10.8. The number of amides is 8. The quantitative estimate of drug-likeness (QED) is 0.251. The van der Waals surface area contributed by atoms with Gasteiger partial charge in [0.1, 0.15) is 11.1 Å². The van der Waals surface area contributed by atoms with E-state index in [1.165, 1.54) is 0 Å². The highest BCUT2D eigenvalue weighted by atomic mass is 35.5. The van der Waals surface area contributed by atoms with Crippen molar-refractivity contribution in [1.29, 1.82) is 0 Å². The Labute approximate surface area is 323 Å². The van der Waals surface area contributed by atoms with Crippen molar-refractivity contribution in [2.75, 3.05) is 49.1 Å². The number of hydrogen-bond acceptors (Lipinski definition) is 12. The lowest BCUT2D eigenvalue weighted by Crippen LogP contribution is -2.55. The predicted molar refractivity (Wildman–Crippen MR) is 199 cm³/mol. The molecule has 4 atom stereocenters. The van der Waals surface area contributed by atoms with Crippen LogP contribution in [0, 0.1) is 11.8 Å². The molecule has 19 heteroatoms. The van der Waals surface area contributed by atoms with Gasteiger partial charge in [-0.05, 0) is 88.5 Å². The molecule has 4 aliphatic heterocycles. The molecule has 6 aliphatic rings. The molecule has 2 aromatic heterocycles. The highest BCUT2D eigenvalue weighted by Gasteiger charge is 2.57. The summed E-state index contributed by atoms with van der Waals surface area (Å²) in [6.07, 6.45) is 6.45. The largest absolute Gasteiger partial charge is 0.349 e. The van der Waals surface area contributed by atoms with Gasteiger partial charge in [0.2, 0.25) is 11.8 Å². The van der Waals surface area contributed by atoms with Crippen molar-refractivity contribution in [3.63, 3.8) is 0 Å². The highest BCUT2D eigenvalue weighted by molar-refractivity contribution is 6.29. The van der Waals surface area contributed by atoms with Gasteiger partial charge in [0.05, 0.1) is 0 Å². The van der Waals surface area contributed by atoms with Crippen LogP contribution in [0.15, 0.2) is 30.5 Å². The van der Waals surface area contributed by atoms with Crippen molar-refractivity contribution in [2.45, 2.75) is 88.4 Å². The highest BCUT2D eigenvalue weighted by Crippen LogP contribution is 2.45. The number of nitrogens with one attached hydrogen (secondary N) is 4. The maximum absolute atomic E-state index is 12.8. The molecule has 6 heterocycles. The van der Waals surface area contributed by atoms with Crippen LogP contribution in [0.25, 0.3) is 0 Å². The number of nitrogens with zero attached hydrogens (tertiary/aromatic N) is 8. The van der Waals surface area contributed by atoms with E-state index >= 15 is 0 Å². The molecule has 4 N–H and O–H groups in total. The lowest BCUT2D eigenvalue weighted by atomic mass is 9.87. The van der Waals surface area contributed by atoms with E-state index in [4.69, 9.17) is 11.6 Å². The molecule has 55 heavy (non-hydrogen) atoms. The third-order valence-corrected chi connectivity index (χ3v) is 11.9. The van der Waals surface area contributed by atoms with Gasteiger partial charge >= 0.3 is 12.1 Å². The molecule has 0 radical (unpaired) electrons. The van der Waals surface area contributed by atoms with Crippen molar-refractivity contribution in [3.8, 4) is 0 Å². The van der Waals surface area contributed by atoms with Crippen LogP contribution in [0.4, 0.5) is 21.2 Å². The fourth-order valence-electron chi connectivity index (χ4n) is 8.38. The molecule has 18 nitrogen and oxygen atoms in total. The smallest absolute Gasteiger partial charge is 0.322 e. The Bertz CT molecular complexity index is 1810. The molecule has 2 saturated carbocycles. The molecule has 2 aromatic rings. The van der Waals surface area contributed by atoms with E-state index in [-0.39, 0.29) is 60.4 Å². The Hall–Kier alpha value is -5.13. The van der Waals surface area contributed by atoms with Gasteiger partial charge in [-0.2, -0.15) is 5.10 Å². The Balaban J connectivity index is 0.000000169. The van der Waals surface area contributed by atoms with Crippen molar-refractivity contribution in [3.05, 3.63) is 35.6 Å². The van der Waals surface area contributed by atoms with Gasteiger partial charge in [-0.3, -0.25) is 29.8 Å². The summed E-state index contributed by atoms with van der Waals surface area (Å²) >= 11 is 5.80. The maximum atomic E-state index is 12.8. The summed E-state index contributed by atoms with van der Waals surface area (Å²) in [6, 6.07) is 6.59. The molecule has 0 spiro atoms. The zero-order valence-electron chi connectivity index (χ0n) is 31.0. The second-order valence-corrected chi connectivity index (χ2v) is 15.8. The van der Waals surface area contributed by atoms with Crippen LogP contribution in [0.1, 0.15) is 65.2 Å². The van der Waals surface area contributed by atoms with Gasteiger partial charge in [-0.25, -0.2) is 9.59 Å². The summed E-state index contributed by atoms with van der Waals surface area (Å²) in [5.74, 6) is 1.26. The van der Waals surface area contributed by atoms with Crippen LogP contribution in [-0.2, 0) is 19.2 Å². The Morgan fingerprint density at radius 1 is 0.709 bits per heavy atom. The summed E-state index contributed by atoms with van der Waals surface area (Å²) in [5.41, 5.74) is -1.82. The molecule has 4 saturated heterocycles. The molecule has 0 aromatic carbocycles. The zero-order chi connectivity index (χ0) is 38.9. The second kappa shape index (κ2) is 15.5. The van der Waals surface area contributed by atoms with E-state index in [1.807, 2.05) is 34.9 Å². The molecular weight excluding hydrogens is 732 g/mol. The average Bonchev–Trinajstić information content (AvgIpc) is 4.11. The number of anilines is 2.